The Labute approximate surface area is 111 Å². The summed E-state index contributed by atoms with van der Waals surface area (Å²) in [5, 5.41) is 3.83. The molecular weight excluding hydrogens is 246 g/mol. The molecule has 0 aliphatic heterocycles. The molecule has 19 heavy (non-hydrogen) atoms. The van der Waals surface area contributed by atoms with Gasteiger partial charge in [-0.05, 0) is 6.92 Å². The van der Waals surface area contributed by atoms with Gasteiger partial charge in [-0.1, -0.05) is 12.1 Å². The van der Waals surface area contributed by atoms with Crippen LogP contribution in [0.5, 0.6) is 0 Å². The molecule has 7 heteroatoms. The zero-order chi connectivity index (χ0) is 13.8. The first-order valence-corrected chi connectivity index (χ1v) is 6.15. The molecule has 0 N–H and O–H groups in total. The molecule has 0 unspecified atom stereocenters. The van der Waals surface area contributed by atoms with Crippen molar-refractivity contribution < 1.29 is 9.32 Å². The van der Waals surface area contributed by atoms with Gasteiger partial charge >= 0.3 is 0 Å². The third kappa shape index (κ3) is 2.98. The van der Waals surface area contributed by atoms with Gasteiger partial charge in [0.2, 0.25) is 11.8 Å². The minimum absolute atomic E-state index is 0.0270. The molecular formula is C12H17N5O2. The lowest BCUT2D eigenvalue weighted by Crippen LogP contribution is -2.32. The molecule has 0 spiro atoms. The zero-order valence-electron chi connectivity index (χ0n) is 11.3. The third-order valence-corrected chi connectivity index (χ3v) is 2.90. The number of carbonyl (C=O) groups is 1. The van der Waals surface area contributed by atoms with Gasteiger partial charge in [-0.15, -0.1) is 0 Å². The van der Waals surface area contributed by atoms with Crippen LogP contribution in [0.15, 0.2) is 23.2 Å². The van der Waals surface area contributed by atoms with Crippen molar-refractivity contribution in [2.45, 2.75) is 32.9 Å². The van der Waals surface area contributed by atoms with Crippen molar-refractivity contribution in [3.63, 3.8) is 0 Å². The number of carbonyl (C=O) groups excluding carboxylic acids is 1. The number of rotatable bonds is 5. The van der Waals surface area contributed by atoms with Crippen molar-refractivity contribution in [1.29, 1.82) is 0 Å². The van der Waals surface area contributed by atoms with Crippen molar-refractivity contribution in [1.82, 2.24) is 24.6 Å². The van der Waals surface area contributed by atoms with Crippen molar-refractivity contribution in [2.24, 2.45) is 0 Å². The summed E-state index contributed by atoms with van der Waals surface area (Å²) in [6, 6.07) is -0.301. The van der Waals surface area contributed by atoms with Crippen LogP contribution in [0.25, 0.3) is 0 Å². The van der Waals surface area contributed by atoms with Crippen LogP contribution in [0, 0.1) is 0 Å². The van der Waals surface area contributed by atoms with Crippen LogP contribution in [-0.4, -0.2) is 37.5 Å². The summed E-state index contributed by atoms with van der Waals surface area (Å²) in [5.74, 6) is 1.07. The van der Waals surface area contributed by atoms with E-state index in [0.717, 1.165) is 0 Å². The van der Waals surface area contributed by atoms with Gasteiger partial charge in [0.25, 0.3) is 0 Å². The number of amides is 1. The molecule has 7 nitrogen and oxygen atoms in total. The fraction of sp³-hybridized carbons (Fsp3) is 0.500. The van der Waals surface area contributed by atoms with Gasteiger partial charge in [0.1, 0.15) is 6.04 Å². The van der Waals surface area contributed by atoms with E-state index in [4.69, 9.17) is 4.52 Å². The number of hydrogen-bond acceptors (Lipinski definition) is 5. The van der Waals surface area contributed by atoms with E-state index in [1.807, 2.05) is 13.8 Å². The summed E-state index contributed by atoms with van der Waals surface area (Å²) >= 11 is 0. The van der Waals surface area contributed by atoms with E-state index in [9.17, 15) is 4.79 Å². The molecule has 0 saturated heterocycles. The molecule has 102 valence electrons. The number of hydrogen-bond donors (Lipinski definition) is 0. The average Bonchev–Trinajstić information content (AvgIpc) is 3.07. The second kappa shape index (κ2) is 5.64. The maximum Gasteiger partial charge on any atom is 0.245 e. The number of imidazole rings is 1. The molecule has 0 aliphatic rings. The summed E-state index contributed by atoms with van der Waals surface area (Å²) in [6.07, 6.45) is 5.73. The number of aromatic nitrogens is 4. The highest BCUT2D eigenvalue weighted by atomic mass is 16.5. The van der Waals surface area contributed by atoms with E-state index >= 15 is 0 Å². The number of aryl methyl sites for hydroxylation is 1. The molecule has 2 heterocycles. The molecule has 1 atom stereocenters. The highest BCUT2D eigenvalue weighted by Gasteiger charge is 2.20. The lowest BCUT2D eigenvalue weighted by Gasteiger charge is -2.20. The SMILES string of the molecule is CCc1nc(CN(C)C(=O)[C@H](C)n2ccnc2)no1. The Morgan fingerprint density at radius 1 is 1.58 bits per heavy atom. The van der Waals surface area contributed by atoms with Gasteiger partial charge in [0, 0.05) is 25.9 Å². The first-order valence-electron chi connectivity index (χ1n) is 6.15. The van der Waals surface area contributed by atoms with Gasteiger partial charge in [-0.2, -0.15) is 4.98 Å². The summed E-state index contributed by atoms with van der Waals surface area (Å²) in [4.78, 5) is 21.9. The van der Waals surface area contributed by atoms with E-state index < -0.39 is 0 Å². The van der Waals surface area contributed by atoms with E-state index in [1.54, 1.807) is 35.2 Å². The van der Waals surface area contributed by atoms with E-state index in [2.05, 4.69) is 15.1 Å². The van der Waals surface area contributed by atoms with Gasteiger partial charge in [0.15, 0.2) is 5.82 Å². The standard InChI is InChI=1S/C12H17N5O2/c1-4-11-14-10(15-19-11)7-16(3)12(18)9(2)17-6-5-13-8-17/h5-6,8-9H,4,7H2,1-3H3/t9-/m0/s1. The molecule has 1 amide bonds. The maximum atomic E-state index is 12.2. The molecule has 0 radical (unpaired) electrons. The second-order valence-electron chi connectivity index (χ2n) is 4.34. The van der Waals surface area contributed by atoms with Gasteiger partial charge < -0.3 is 14.0 Å². The van der Waals surface area contributed by atoms with E-state index in [1.165, 1.54) is 0 Å². The predicted molar refractivity (Wildman–Crippen MR) is 67.1 cm³/mol. The molecule has 0 aliphatic carbocycles. The highest BCUT2D eigenvalue weighted by Crippen LogP contribution is 2.10. The van der Waals surface area contributed by atoms with E-state index in [0.29, 0.717) is 24.7 Å². The molecule has 0 bridgehead atoms. The van der Waals surface area contributed by atoms with Crippen LogP contribution >= 0.6 is 0 Å². The first-order chi connectivity index (χ1) is 9.11. The quantitative estimate of drug-likeness (QED) is 0.805. The van der Waals surface area contributed by atoms with Crippen molar-refractivity contribution in [3.05, 3.63) is 30.4 Å². The van der Waals surface area contributed by atoms with Crippen LogP contribution in [0.1, 0.15) is 31.6 Å². The molecule has 2 aromatic heterocycles. The summed E-state index contributed by atoms with van der Waals surface area (Å²) < 4.78 is 6.77. The Hall–Kier alpha value is -2.18. The lowest BCUT2D eigenvalue weighted by atomic mass is 10.3. The molecule has 0 saturated carbocycles. The summed E-state index contributed by atoms with van der Waals surface area (Å²) in [5.41, 5.74) is 0. The van der Waals surface area contributed by atoms with Crippen LogP contribution in [-0.2, 0) is 17.8 Å². The van der Waals surface area contributed by atoms with Gasteiger partial charge in [-0.3, -0.25) is 4.79 Å². The molecule has 0 fully saturated rings. The average molecular weight is 263 g/mol. The first kappa shape index (κ1) is 13.3. The second-order valence-corrected chi connectivity index (χ2v) is 4.34. The van der Waals surface area contributed by atoms with Crippen LogP contribution in [0.3, 0.4) is 0 Å². The van der Waals surface area contributed by atoms with Crippen LogP contribution in [0.2, 0.25) is 0 Å². The van der Waals surface area contributed by atoms with Crippen molar-refractivity contribution in [2.75, 3.05) is 7.05 Å². The Morgan fingerprint density at radius 3 is 2.95 bits per heavy atom. The normalized spacial score (nSPS) is 12.4. The molecule has 2 rings (SSSR count). The minimum Gasteiger partial charge on any atom is -0.339 e. The maximum absolute atomic E-state index is 12.2. The largest absolute Gasteiger partial charge is 0.339 e. The van der Waals surface area contributed by atoms with Gasteiger partial charge in [-0.25, -0.2) is 4.98 Å². The fourth-order valence-corrected chi connectivity index (χ4v) is 1.73. The van der Waals surface area contributed by atoms with Crippen molar-refractivity contribution in [3.8, 4) is 0 Å². The summed E-state index contributed by atoms with van der Waals surface area (Å²) in [7, 11) is 1.72. The predicted octanol–water partition coefficient (Wildman–Crippen LogP) is 1.05. The van der Waals surface area contributed by atoms with Gasteiger partial charge in [0.05, 0.1) is 12.9 Å². The Kier molecular flexibility index (Phi) is 3.94. The Morgan fingerprint density at radius 2 is 2.37 bits per heavy atom. The molecule has 2 aromatic rings. The topological polar surface area (TPSA) is 77.1 Å². The minimum atomic E-state index is -0.301. The monoisotopic (exact) mass is 263 g/mol. The zero-order valence-corrected chi connectivity index (χ0v) is 11.3. The van der Waals surface area contributed by atoms with Crippen molar-refractivity contribution >= 4 is 5.91 Å². The Balaban J connectivity index is 1.99. The number of likely N-dealkylation sites (N-methyl/N-ethyl adjacent to an activating group) is 1. The third-order valence-electron chi connectivity index (χ3n) is 2.90. The lowest BCUT2D eigenvalue weighted by molar-refractivity contribution is -0.133. The van der Waals surface area contributed by atoms with Crippen LogP contribution < -0.4 is 0 Å². The fourth-order valence-electron chi connectivity index (χ4n) is 1.73. The highest BCUT2D eigenvalue weighted by molar-refractivity contribution is 5.79. The smallest absolute Gasteiger partial charge is 0.245 e. The Bertz CT molecular complexity index is 534. The van der Waals surface area contributed by atoms with E-state index in [-0.39, 0.29) is 11.9 Å². The summed E-state index contributed by atoms with van der Waals surface area (Å²) in [6.45, 7) is 4.10. The van der Waals surface area contributed by atoms with Crippen LogP contribution in [0.4, 0.5) is 0 Å². The number of nitrogens with zero attached hydrogens (tertiary/aromatic N) is 5. The molecule has 0 aromatic carbocycles.